The molecule has 7 heteroatoms. The number of rotatable bonds is 4. The second-order valence-electron chi connectivity index (χ2n) is 4.71. The zero-order valence-electron chi connectivity index (χ0n) is 12.1. The minimum absolute atomic E-state index is 0.0260. The van der Waals surface area contributed by atoms with Crippen LogP contribution in [0.5, 0.6) is 0 Å². The van der Waals surface area contributed by atoms with Crippen LogP contribution in [0.1, 0.15) is 16.7 Å². The summed E-state index contributed by atoms with van der Waals surface area (Å²) in [5, 5.41) is 9.58. The fourth-order valence-corrected chi connectivity index (χ4v) is 3.08. The number of nitriles is 1. The number of benzene rings is 2. The molecule has 0 saturated heterocycles. The molecule has 0 fully saturated rings. The first-order valence-electron chi connectivity index (χ1n) is 6.66. The lowest BCUT2D eigenvalue weighted by atomic mass is 10.1. The highest BCUT2D eigenvalue weighted by atomic mass is 127. The average molecular weight is 464 g/mol. The van der Waals surface area contributed by atoms with Crippen LogP contribution < -0.4 is 0 Å². The van der Waals surface area contributed by atoms with Crippen molar-refractivity contribution in [3.63, 3.8) is 0 Å². The molecule has 2 aromatic carbocycles. The van der Waals surface area contributed by atoms with Gasteiger partial charge in [-0.25, -0.2) is 0 Å². The predicted octanol–water partition coefficient (Wildman–Crippen LogP) is 6.05. The van der Waals surface area contributed by atoms with Crippen LogP contribution in [0.4, 0.5) is 13.2 Å². The summed E-state index contributed by atoms with van der Waals surface area (Å²) in [4.78, 5) is 0. The molecule has 0 spiro atoms. The first kappa shape index (κ1) is 18.6. The summed E-state index contributed by atoms with van der Waals surface area (Å²) in [5.41, 5.74) is 1.25. The first-order chi connectivity index (χ1) is 11.3. The van der Waals surface area contributed by atoms with Gasteiger partial charge >= 0.3 is 6.18 Å². The normalized spacial score (nSPS) is 12.3. The lowest BCUT2D eigenvalue weighted by Crippen LogP contribution is -2.16. The van der Waals surface area contributed by atoms with E-state index in [1.807, 2.05) is 28.7 Å². The number of halogens is 5. The summed E-state index contributed by atoms with van der Waals surface area (Å²) < 4.78 is 43.2. The molecule has 0 unspecified atom stereocenters. The largest absolute Gasteiger partial charge is 0.482 e. The third kappa shape index (κ3) is 4.89. The van der Waals surface area contributed by atoms with Crippen molar-refractivity contribution >= 4 is 43.5 Å². The molecule has 0 N–H and O–H groups in total. The van der Waals surface area contributed by atoms with Crippen molar-refractivity contribution in [3.05, 3.63) is 70.2 Å². The van der Waals surface area contributed by atoms with E-state index in [0.717, 1.165) is 0 Å². The maximum absolute atomic E-state index is 12.6. The van der Waals surface area contributed by atoms with E-state index in [9.17, 15) is 18.4 Å². The smallest absolute Gasteiger partial charge is 0.422 e. The average Bonchev–Trinajstić information content (AvgIpc) is 2.54. The highest BCUT2D eigenvalue weighted by molar-refractivity contribution is 14.1. The van der Waals surface area contributed by atoms with Gasteiger partial charge in [-0.1, -0.05) is 41.9 Å². The van der Waals surface area contributed by atoms with Crippen LogP contribution in [0.2, 0.25) is 5.02 Å². The summed E-state index contributed by atoms with van der Waals surface area (Å²) in [6.45, 7) is -1.43. The van der Waals surface area contributed by atoms with Gasteiger partial charge in [-0.3, -0.25) is 0 Å². The third-order valence-corrected chi connectivity index (χ3v) is 4.26. The molecule has 0 saturated carbocycles. The third-order valence-electron chi connectivity index (χ3n) is 2.95. The molecule has 2 nitrogen and oxygen atoms in total. The number of nitrogens with zero attached hydrogens (tertiary/aromatic N) is 1. The lowest BCUT2D eigenvalue weighted by molar-refractivity contribution is -0.158. The summed E-state index contributed by atoms with van der Waals surface area (Å²) in [6, 6.07) is 15.0. The molecule has 0 aliphatic heterocycles. The Labute approximate surface area is 155 Å². The highest BCUT2D eigenvalue weighted by Gasteiger charge is 2.30. The number of hydrogen-bond acceptors (Lipinski definition) is 2. The van der Waals surface area contributed by atoms with Gasteiger partial charge < -0.3 is 4.74 Å². The van der Waals surface area contributed by atoms with E-state index < -0.39 is 12.8 Å². The molecule has 0 bridgehead atoms. The van der Waals surface area contributed by atoms with Gasteiger partial charge in [-0.05, 0) is 40.8 Å². The predicted molar refractivity (Wildman–Crippen MR) is 95.5 cm³/mol. The molecule has 0 aliphatic carbocycles. The summed E-state index contributed by atoms with van der Waals surface area (Å²) in [7, 11) is 0. The fourth-order valence-electron chi connectivity index (χ4n) is 1.95. The van der Waals surface area contributed by atoms with Crippen LogP contribution in [0.3, 0.4) is 0 Å². The Kier molecular flexibility index (Phi) is 6.13. The van der Waals surface area contributed by atoms with Gasteiger partial charge in [0, 0.05) is 16.1 Å². The van der Waals surface area contributed by atoms with Gasteiger partial charge in [0.05, 0.1) is 15.2 Å². The molecule has 0 heterocycles. The Hall–Kier alpha value is -1.72. The Balaban J connectivity index is 2.57. The van der Waals surface area contributed by atoms with Crippen LogP contribution in [-0.4, -0.2) is 12.8 Å². The fraction of sp³-hybridized carbons (Fsp3) is 0.118. The number of ether oxygens (including phenoxy) is 1. The van der Waals surface area contributed by atoms with Gasteiger partial charge in [0.15, 0.2) is 6.61 Å². The van der Waals surface area contributed by atoms with Crippen LogP contribution in [0.15, 0.2) is 48.5 Å². The van der Waals surface area contributed by atoms with Crippen molar-refractivity contribution in [2.45, 2.75) is 6.18 Å². The van der Waals surface area contributed by atoms with E-state index in [0.29, 0.717) is 25.3 Å². The summed E-state index contributed by atoms with van der Waals surface area (Å²) >= 11 is 7.81. The Bertz CT molecular complexity index is 812. The molecular formula is C17H10ClF3INO. The molecule has 0 atom stereocenters. The Morgan fingerprint density at radius 3 is 2.50 bits per heavy atom. The van der Waals surface area contributed by atoms with E-state index in [1.54, 1.807) is 42.5 Å². The second-order valence-corrected chi connectivity index (χ2v) is 6.23. The van der Waals surface area contributed by atoms with E-state index in [2.05, 4.69) is 0 Å². The maximum Gasteiger partial charge on any atom is 0.422 e. The zero-order valence-corrected chi connectivity index (χ0v) is 15.0. The van der Waals surface area contributed by atoms with Crippen molar-refractivity contribution in [2.75, 3.05) is 6.61 Å². The van der Waals surface area contributed by atoms with Crippen molar-refractivity contribution in [3.8, 4) is 6.07 Å². The van der Waals surface area contributed by atoms with Gasteiger partial charge in [0.2, 0.25) is 0 Å². The first-order valence-corrected chi connectivity index (χ1v) is 8.12. The molecule has 0 radical (unpaired) electrons. The molecule has 124 valence electrons. The monoisotopic (exact) mass is 463 g/mol. The quantitative estimate of drug-likeness (QED) is 0.314. The van der Waals surface area contributed by atoms with E-state index in [-0.39, 0.29) is 5.76 Å². The van der Waals surface area contributed by atoms with Gasteiger partial charge in [0.25, 0.3) is 0 Å². The minimum Gasteiger partial charge on any atom is -0.482 e. The molecule has 0 amide bonds. The minimum atomic E-state index is -4.48. The van der Waals surface area contributed by atoms with Crippen LogP contribution >= 0.6 is 34.2 Å². The molecule has 24 heavy (non-hydrogen) atoms. The maximum atomic E-state index is 12.6. The van der Waals surface area contributed by atoms with Gasteiger partial charge in [-0.2, -0.15) is 18.4 Å². The highest BCUT2D eigenvalue weighted by Crippen LogP contribution is 2.36. The van der Waals surface area contributed by atoms with E-state index >= 15 is 0 Å². The van der Waals surface area contributed by atoms with Gasteiger partial charge in [0.1, 0.15) is 5.76 Å². The van der Waals surface area contributed by atoms with Crippen molar-refractivity contribution in [2.24, 2.45) is 0 Å². The van der Waals surface area contributed by atoms with Crippen molar-refractivity contribution in [1.82, 2.24) is 0 Å². The topological polar surface area (TPSA) is 33.0 Å². The molecule has 0 aliphatic rings. The SMILES string of the molecule is N#Cc1ccccc1/C(I)=C(\OCC(F)(F)F)c1cccc(Cl)c1. The standard InChI is InChI=1S/C17H10ClF3INO/c18-13-6-3-5-11(8-13)16(24-10-17(19,20)21)15(22)14-7-2-1-4-12(14)9-23/h1-8H,10H2/b16-15+. The van der Waals surface area contributed by atoms with E-state index in [1.165, 1.54) is 6.07 Å². The van der Waals surface area contributed by atoms with Crippen LogP contribution in [0.25, 0.3) is 9.34 Å². The Morgan fingerprint density at radius 2 is 1.88 bits per heavy atom. The second kappa shape index (κ2) is 7.90. The lowest BCUT2D eigenvalue weighted by Gasteiger charge is -2.16. The number of hydrogen-bond donors (Lipinski definition) is 0. The Morgan fingerprint density at radius 1 is 1.17 bits per heavy atom. The molecular weight excluding hydrogens is 454 g/mol. The molecule has 0 aromatic heterocycles. The zero-order chi connectivity index (χ0) is 17.7. The van der Waals surface area contributed by atoms with E-state index in [4.69, 9.17) is 16.3 Å². The molecule has 2 rings (SSSR count). The summed E-state index contributed by atoms with van der Waals surface area (Å²) in [6.07, 6.45) is -4.48. The van der Waals surface area contributed by atoms with Gasteiger partial charge in [-0.15, -0.1) is 0 Å². The van der Waals surface area contributed by atoms with Crippen molar-refractivity contribution < 1.29 is 17.9 Å². The van der Waals surface area contributed by atoms with Crippen LogP contribution in [-0.2, 0) is 4.74 Å². The number of alkyl halides is 3. The van der Waals surface area contributed by atoms with Crippen molar-refractivity contribution in [1.29, 1.82) is 5.26 Å². The van der Waals surface area contributed by atoms with Crippen LogP contribution in [0, 0.1) is 11.3 Å². The summed E-state index contributed by atoms with van der Waals surface area (Å²) in [5.74, 6) is 0.0260. The molecule has 2 aromatic rings.